The number of para-hydroxylation sites is 1. The Hall–Kier alpha value is -3.53. The molecule has 1 N–H and O–H groups in total. The molecule has 1 aromatic heterocycles. The zero-order valence-electron chi connectivity index (χ0n) is 14.4. The molecule has 0 spiro atoms. The zero-order chi connectivity index (χ0) is 17.8. The highest BCUT2D eigenvalue weighted by Gasteiger charge is 2.13. The summed E-state index contributed by atoms with van der Waals surface area (Å²) in [5, 5.41) is 12.1. The van der Waals surface area contributed by atoms with E-state index in [4.69, 9.17) is 4.98 Å². The van der Waals surface area contributed by atoms with Gasteiger partial charge in [0, 0.05) is 16.8 Å². The number of aryl methyl sites for hydroxylation is 1. The summed E-state index contributed by atoms with van der Waals surface area (Å²) in [5.41, 5.74) is 5.68. The third-order valence-corrected chi connectivity index (χ3v) is 4.17. The molecular formula is C22H18N4. The minimum Gasteiger partial charge on any atom is -0.323 e. The summed E-state index contributed by atoms with van der Waals surface area (Å²) < 4.78 is 0. The molecule has 4 aromatic rings. The molecular weight excluding hydrogens is 320 g/mol. The van der Waals surface area contributed by atoms with Crippen molar-refractivity contribution in [3.05, 3.63) is 90.5 Å². The van der Waals surface area contributed by atoms with Crippen molar-refractivity contribution in [1.29, 1.82) is 0 Å². The van der Waals surface area contributed by atoms with Gasteiger partial charge in [0.05, 0.1) is 0 Å². The Morgan fingerprint density at radius 1 is 0.615 bits per heavy atom. The van der Waals surface area contributed by atoms with Gasteiger partial charge in [0.25, 0.3) is 0 Å². The van der Waals surface area contributed by atoms with E-state index in [1.165, 1.54) is 0 Å². The second-order valence-electron chi connectivity index (χ2n) is 6.00. The fraction of sp³-hybridized carbons (Fsp3) is 0.0455. The smallest absolute Gasteiger partial charge is 0.247 e. The van der Waals surface area contributed by atoms with Crippen LogP contribution in [0, 0.1) is 6.92 Å². The molecule has 4 heteroatoms. The highest BCUT2D eigenvalue weighted by molar-refractivity contribution is 5.78. The van der Waals surface area contributed by atoms with Crippen molar-refractivity contribution in [2.24, 2.45) is 0 Å². The fourth-order valence-electron chi connectivity index (χ4n) is 2.80. The van der Waals surface area contributed by atoms with Crippen LogP contribution in [0.15, 0.2) is 84.9 Å². The molecule has 4 nitrogen and oxygen atoms in total. The molecule has 0 atom stereocenters. The Balaban J connectivity index is 1.81. The average molecular weight is 338 g/mol. The number of hydrogen-bond acceptors (Lipinski definition) is 4. The standard InChI is InChI=1S/C22H18N4/c1-16-10-8-9-15-19(16)23-22-24-20(17-11-4-2-5-12-17)21(25-26-22)18-13-6-3-7-14-18/h2-15H,1H3,(H,23,24,26). The number of rotatable bonds is 4. The van der Waals surface area contributed by atoms with Crippen LogP contribution in [0.1, 0.15) is 5.56 Å². The normalized spacial score (nSPS) is 10.5. The summed E-state index contributed by atoms with van der Waals surface area (Å²) in [7, 11) is 0. The average Bonchev–Trinajstić information content (AvgIpc) is 2.71. The molecule has 26 heavy (non-hydrogen) atoms. The van der Waals surface area contributed by atoms with E-state index in [1.54, 1.807) is 0 Å². The van der Waals surface area contributed by atoms with Gasteiger partial charge >= 0.3 is 0 Å². The van der Waals surface area contributed by atoms with Crippen LogP contribution in [0.2, 0.25) is 0 Å². The third kappa shape index (κ3) is 3.30. The van der Waals surface area contributed by atoms with E-state index in [0.717, 1.165) is 33.8 Å². The van der Waals surface area contributed by atoms with Gasteiger partial charge in [0.15, 0.2) is 0 Å². The topological polar surface area (TPSA) is 50.7 Å². The van der Waals surface area contributed by atoms with Gasteiger partial charge in [-0.2, -0.15) is 0 Å². The van der Waals surface area contributed by atoms with Crippen molar-refractivity contribution in [1.82, 2.24) is 15.2 Å². The molecule has 126 valence electrons. The molecule has 0 saturated heterocycles. The Morgan fingerprint density at radius 3 is 1.85 bits per heavy atom. The maximum atomic E-state index is 4.77. The number of aromatic nitrogens is 3. The Morgan fingerprint density at radius 2 is 1.19 bits per heavy atom. The molecule has 0 bridgehead atoms. The second kappa shape index (κ2) is 7.15. The maximum absolute atomic E-state index is 4.77. The number of benzene rings is 3. The number of anilines is 2. The quantitative estimate of drug-likeness (QED) is 0.551. The van der Waals surface area contributed by atoms with Gasteiger partial charge in [0.1, 0.15) is 11.4 Å². The predicted molar refractivity (Wildman–Crippen MR) is 105 cm³/mol. The molecule has 0 radical (unpaired) electrons. The van der Waals surface area contributed by atoms with Crippen molar-refractivity contribution in [3.8, 4) is 22.5 Å². The summed E-state index contributed by atoms with van der Waals surface area (Å²) >= 11 is 0. The minimum absolute atomic E-state index is 0.484. The van der Waals surface area contributed by atoms with E-state index in [0.29, 0.717) is 5.95 Å². The lowest BCUT2D eigenvalue weighted by atomic mass is 10.0. The second-order valence-corrected chi connectivity index (χ2v) is 6.00. The van der Waals surface area contributed by atoms with Crippen LogP contribution in [0.5, 0.6) is 0 Å². The fourth-order valence-corrected chi connectivity index (χ4v) is 2.80. The highest BCUT2D eigenvalue weighted by atomic mass is 15.2. The summed E-state index contributed by atoms with van der Waals surface area (Å²) in [6.07, 6.45) is 0. The van der Waals surface area contributed by atoms with Gasteiger partial charge < -0.3 is 5.32 Å². The highest BCUT2D eigenvalue weighted by Crippen LogP contribution is 2.29. The first kappa shape index (κ1) is 16.0. The van der Waals surface area contributed by atoms with Crippen LogP contribution >= 0.6 is 0 Å². The predicted octanol–water partition coefficient (Wildman–Crippen LogP) is 5.26. The van der Waals surface area contributed by atoms with Crippen molar-refractivity contribution in [2.75, 3.05) is 5.32 Å². The Labute approximate surface area is 152 Å². The van der Waals surface area contributed by atoms with Gasteiger partial charge in [-0.05, 0) is 18.6 Å². The van der Waals surface area contributed by atoms with Crippen LogP contribution in [0.4, 0.5) is 11.6 Å². The van der Waals surface area contributed by atoms with E-state index in [2.05, 4.69) is 15.5 Å². The van der Waals surface area contributed by atoms with E-state index in [-0.39, 0.29) is 0 Å². The Bertz CT molecular complexity index is 1010. The largest absolute Gasteiger partial charge is 0.323 e. The molecule has 4 rings (SSSR count). The summed E-state index contributed by atoms with van der Waals surface area (Å²) in [6, 6.07) is 28.1. The van der Waals surface area contributed by atoms with Crippen LogP contribution < -0.4 is 5.32 Å². The molecule has 0 fully saturated rings. The lowest BCUT2D eigenvalue weighted by molar-refractivity contribution is 0.989. The summed E-state index contributed by atoms with van der Waals surface area (Å²) in [5.74, 6) is 0.484. The Kier molecular flexibility index (Phi) is 4.39. The lowest BCUT2D eigenvalue weighted by Gasteiger charge is -2.11. The molecule has 1 heterocycles. The summed E-state index contributed by atoms with van der Waals surface area (Å²) in [6.45, 7) is 2.05. The molecule has 0 aliphatic rings. The number of nitrogens with zero attached hydrogens (tertiary/aromatic N) is 3. The van der Waals surface area contributed by atoms with Gasteiger partial charge in [0.2, 0.25) is 5.95 Å². The first-order valence-corrected chi connectivity index (χ1v) is 8.49. The zero-order valence-corrected chi connectivity index (χ0v) is 14.4. The summed E-state index contributed by atoms with van der Waals surface area (Å²) in [4.78, 5) is 4.77. The van der Waals surface area contributed by atoms with E-state index >= 15 is 0 Å². The monoisotopic (exact) mass is 338 g/mol. The third-order valence-electron chi connectivity index (χ3n) is 4.17. The molecule has 0 aliphatic heterocycles. The van der Waals surface area contributed by atoms with E-state index in [9.17, 15) is 0 Å². The van der Waals surface area contributed by atoms with Crippen molar-refractivity contribution < 1.29 is 0 Å². The van der Waals surface area contributed by atoms with Crippen molar-refractivity contribution in [3.63, 3.8) is 0 Å². The lowest BCUT2D eigenvalue weighted by Crippen LogP contribution is -2.04. The SMILES string of the molecule is Cc1ccccc1Nc1nnc(-c2ccccc2)c(-c2ccccc2)n1. The van der Waals surface area contributed by atoms with Crippen LogP contribution in [-0.4, -0.2) is 15.2 Å². The van der Waals surface area contributed by atoms with Gasteiger partial charge in [-0.3, -0.25) is 0 Å². The molecule has 0 saturated carbocycles. The number of hydrogen-bond donors (Lipinski definition) is 1. The van der Waals surface area contributed by atoms with Gasteiger partial charge in [-0.25, -0.2) is 4.98 Å². The van der Waals surface area contributed by atoms with Crippen LogP contribution in [0.3, 0.4) is 0 Å². The first-order valence-electron chi connectivity index (χ1n) is 8.49. The van der Waals surface area contributed by atoms with Crippen LogP contribution in [-0.2, 0) is 0 Å². The van der Waals surface area contributed by atoms with Crippen LogP contribution in [0.25, 0.3) is 22.5 Å². The molecule has 0 aliphatic carbocycles. The molecule has 0 unspecified atom stereocenters. The van der Waals surface area contributed by atoms with Crippen molar-refractivity contribution >= 4 is 11.6 Å². The van der Waals surface area contributed by atoms with E-state index < -0.39 is 0 Å². The first-order chi connectivity index (χ1) is 12.8. The maximum Gasteiger partial charge on any atom is 0.247 e. The molecule has 3 aromatic carbocycles. The van der Waals surface area contributed by atoms with Gasteiger partial charge in [-0.15, -0.1) is 10.2 Å². The van der Waals surface area contributed by atoms with Gasteiger partial charge in [-0.1, -0.05) is 78.9 Å². The van der Waals surface area contributed by atoms with E-state index in [1.807, 2.05) is 91.9 Å². The number of nitrogens with one attached hydrogen (secondary N) is 1. The molecule has 0 amide bonds. The minimum atomic E-state index is 0.484. The van der Waals surface area contributed by atoms with Crippen molar-refractivity contribution in [2.45, 2.75) is 6.92 Å².